The van der Waals surface area contributed by atoms with E-state index in [1.165, 1.54) is 26.4 Å². The predicted molar refractivity (Wildman–Crippen MR) is 107 cm³/mol. The van der Waals surface area contributed by atoms with Crippen LogP contribution in [0.3, 0.4) is 0 Å². The number of carbonyl (C=O) groups excluding carboxylic acids is 1. The summed E-state index contributed by atoms with van der Waals surface area (Å²) in [5.41, 5.74) is 1.10. The number of carbonyl (C=O) groups is 2. The molecule has 0 saturated carbocycles. The van der Waals surface area contributed by atoms with Gasteiger partial charge in [0.2, 0.25) is 0 Å². The molecule has 0 aromatic heterocycles. The zero-order chi connectivity index (χ0) is 22.1. The van der Waals surface area contributed by atoms with E-state index in [0.717, 1.165) is 0 Å². The van der Waals surface area contributed by atoms with E-state index in [4.69, 9.17) is 24.2 Å². The van der Waals surface area contributed by atoms with Crippen molar-refractivity contribution in [3.05, 3.63) is 47.5 Å². The van der Waals surface area contributed by atoms with Crippen LogP contribution >= 0.6 is 0 Å². The average Bonchev–Trinajstić information content (AvgIpc) is 2.75. The van der Waals surface area contributed by atoms with Crippen LogP contribution in [0.25, 0.3) is 0 Å². The lowest BCUT2D eigenvalue weighted by atomic mass is 10.0. The number of nitrogens with one attached hydrogen (secondary N) is 1. The number of nitriles is 1. The molecule has 0 aliphatic carbocycles. The number of hydrogen-bond acceptors (Lipinski definition) is 8. The molecule has 0 aliphatic rings. The molecule has 2 N–H and O–H groups in total. The summed E-state index contributed by atoms with van der Waals surface area (Å²) in [6, 6.07) is 10.0. The summed E-state index contributed by atoms with van der Waals surface area (Å²) in [5.74, 6) is -1.19. The molecule has 30 heavy (non-hydrogen) atoms. The van der Waals surface area contributed by atoms with Crippen molar-refractivity contribution in [2.75, 3.05) is 32.8 Å². The van der Waals surface area contributed by atoms with Gasteiger partial charge in [-0.05, 0) is 37.3 Å². The van der Waals surface area contributed by atoms with Crippen LogP contribution in [0.4, 0.5) is 5.69 Å². The molecule has 0 fully saturated rings. The number of carboxylic acid groups (broad SMARTS) is 1. The molecular weight excluding hydrogens is 392 g/mol. The van der Waals surface area contributed by atoms with Gasteiger partial charge in [0.25, 0.3) is 0 Å². The summed E-state index contributed by atoms with van der Waals surface area (Å²) in [6.07, 6.45) is 0. The highest BCUT2D eigenvalue weighted by atomic mass is 16.6. The Morgan fingerprint density at radius 3 is 2.40 bits per heavy atom. The molecule has 9 heteroatoms. The third-order valence-corrected chi connectivity index (χ3v) is 4.04. The molecule has 0 radical (unpaired) electrons. The third-order valence-electron chi connectivity index (χ3n) is 4.04. The van der Waals surface area contributed by atoms with E-state index in [1.54, 1.807) is 31.2 Å². The summed E-state index contributed by atoms with van der Waals surface area (Å²) in [5, 5.41) is 21.7. The first-order valence-electron chi connectivity index (χ1n) is 8.97. The molecule has 0 aliphatic heterocycles. The highest BCUT2D eigenvalue weighted by Gasteiger charge is 2.28. The summed E-state index contributed by atoms with van der Waals surface area (Å²) < 4.78 is 21.0. The Hall–Kier alpha value is -3.93. The van der Waals surface area contributed by atoms with E-state index in [1.807, 2.05) is 6.07 Å². The molecule has 0 bridgehead atoms. The largest absolute Gasteiger partial charge is 0.497 e. The topological polar surface area (TPSA) is 127 Å². The van der Waals surface area contributed by atoms with Crippen molar-refractivity contribution in [3.63, 3.8) is 0 Å². The van der Waals surface area contributed by atoms with E-state index in [0.29, 0.717) is 17.0 Å². The van der Waals surface area contributed by atoms with E-state index in [9.17, 15) is 14.7 Å². The lowest BCUT2D eigenvalue weighted by Gasteiger charge is -2.22. The smallest absolute Gasteiger partial charge is 0.344 e. The average molecular weight is 414 g/mol. The quantitative estimate of drug-likeness (QED) is 0.564. The number of aliphatic carboxylic acids is 1. The van der Waals surface area contributed by atoms with Crippen LogP contribution in [-0.4, -0.2) is 44.5 Å². The van der Waals surface area contributed by atoms with Crippen LogP contribution in [0.1, 0.15) is 24.1 Å². The van der Waals surface area contributed by atoms with Crippen molar-refractivity contribution < 1.29 is 33.6 Å². The Morgan fingerprint density at radius 2 is 1.87 bits per heavy atom. The molecule has 0 spiro atoms. The Kier molecular flexibility index (Phi) is 7.88. The first-order valence-corrected chi connectivity index (χ1v) is 8.97. The maximum atomic E-state index is 12.1. The molecule has 2 rings (SSSR count). The van der Waals surface area contributed by atoms with Gasteiger partial charge in [0.15, 0.2) is 24.1 Å². The number of carboxylic acids is 1. The second-order valence-electron chi connectivity index (χ2n) is 5.95. The molecule has 9 nitrogen and oxygen atoms in total. The fourth-order valence-corrected chi connectivity index (χ4v) is 2.65. The van der Waals surface area contributed by atoms with Crippen molar-refractivity contribution in [1.29, 1.82) is 5.26 Å². The maximum absolute atomic E-state index is 12.1. The number of anilines is 1. The van der Waals surface area contributed by atoms with Gasteiger partial charge in [0.05, 0.1) is 32.5 Å². The van der Waals surface area contributed by atoms with Crippen LogP contribution in [0, 0.1) is 11.3 Å². The molecule has 1 atom stereocenters. The highest BCUT2D eigenvalue weighted by Crippen LogP contribution is 2.40. The summed E-state index contributed by atoms with van der Waals surface area (Å²) in [7, 11) is 2.82. The van der Waals surface area contributed by atoms with Crippen LogP contribution < -0.4 is 19.5 Å². The molecule has 1 unspecified atom stereocenters. The van der Waals surface area contributed by atoms with Gasteiger partial charge in [-0.25, -0.2) is 9.59 Å². The van der Waals surface area contributed by atoms with E-state index < -0.39 is 24.6 Å². The molecule has 0 amide bonds. The van der Waals surface area contributed by atoms with Gasteiger partial charge in [-0.1, -0.05) is 0 Å². The van der Waals surface area contributed by atoms with E-state index >= 15 is 0 Å². The number of ether oxygens (including phenoxy) is 4. The predicted octanol–water partition coefficient (Wildman–Crippen LogP) is 2.76. The fraction of sp³-hybridized carbons (Fsp3) is 0.286. The first-order chi connectivity index (χ1) is 14.4. The summed E-state index contributed by atoms with van der Waals surface area (Å²) in [4.78, 5) is 23.8. The van der Waals surface area contributed by atoms with Crippen molar-refractivity contribution in [1.82, 2.24) is 0 Å². The van der Waals surface area contributed by atoms with E-state index in [2.05, 4.69) is 5.32 Å². The van der Waals surface area contributed by atoms with Gasteiger partial charge in [-0.3, -0.25) is 0 Å². The lowest BCUT2D eigenvalue weighted by molar-refractivity contribution is -0.145. The zero-order valence-electron chi connectivity index (χ0n) is 16.8. The van der Waals surface area contributed by atoms with Crippen LogP contribution in [0.15, 0.2) is 36.4 Å². The normalized spacial score (nSPS) is 11.0. The van der Waals surface area contributed by atoms with Gasteiger partial charge in [-0.2, -0.15) is 5.26 Å². The minimum atomic E-state index is -1.26. The van der Waals surface area contributed by atoms with Gasteiger partial charge < -0.3 is 29.4 Å². The molecular formula is C21H22N2O7. The molecule has 2 aromatic carbocycles. The maximum Gasteiger partial charge on any atom is 0.344 e. The standard InChI is InChI=1S/C21H22N2O7/c1-4-29-18(24)12-30-20-16(9-15(27-2)10-17(20)28-3)19(21(25)26)23-14-7-5-13(11-22)6-8-14/h5-10,19,23H,4,12H2,1-3H3,(H,25,26). The SMILES string of the molecule is CCOC(=O)COc1c(OC)cc(OC)cc1C(Nc1ccc(C#N)cc1)C(=O)O. The molecule has 158 valence electrons. The lowest BCUT2D eigenvalue weighted by Crippen LogP contribution is -2.23. The monoisotopic (exact) mass is 414 g/mol. The number of nitrogens with zero attached hydrogens (tertiary/aromatic N) is 1. The van der Waals surface area contributed by atoms with Crippen LogP contribution in [0.2, 0.25) is 0 Å². The Bertz CT molecular complexity index is 936. The van der Waals surface area contributed by atoms with Crippen molar-refractivity contribution in [2.24, 2.45) is 0 Å². The number of esters is 1. The molecule has 0 heterocycles. The molecule has 0 saturated heterocycles. The fourth-order valence-electron chi connectivity index (χ4n) is 2.65. The Morgan fingerprint density at radius 1 is 1.17 bits per heavy atom. The number of hydrogen-bond donors (Lipinski definition) is 2. The van der Waals surface area contributed by atoms with Gasteiger partial charge in [-0.15, -0.1) is 0 Å². The third kappa shape index (κ3) is 5.54. The molecule has 2 aromatic rings. The van der Waals surface area contributed by atoms with Crippen LogP contribution in [0.5, 0.6) is 17.2 Å². The van der Waals surface area contributed by atoms with Crippen molar-refractivity contribution in [3.8, 4) is 23.3 Å². The zero-order valence-corrected chi connectivity index (χ0v) is 16.8. The Labute approximate surface area is 173 Å². The summed E-state index contributed by atoms with van der Waals surface area (Å²) >= 11 is 0. The van der Waals surface area contributed by atoms with E-state index in [-0.39, 0.29) is 23.7 Å². The number of rotatable bonds is 10. The second-order valence-corrected chi connectivity index (χ2v) is 5.95. The minimum absolute atomic E-state index is 0.0694. The van der Waals surface area contributed by atoms with Gasteiger partial charge in [0.1, 0.15) is 5.75 Å². The van der Waals surface area contributed by atoms with Gasteiger partial charge in [0, 0.05) is 17.3 Å². The first kappa shape index (κ1) is 22.4. The summed E-state index contributed by atoms with van der Waals surface area (Å²) in [6.45, 7) is 1.43. The number of methoxy groups -OCH3 is 2. The van der Waals surface area contributed by atoms with Gasteiger partial charge >= 0.3 is 11.9 Å². The Balaban J connectivity index is 2.47. The second kappa shape index (κ2) is 10.6. The minimum Gasteiger partial charge on any atom is -0.497 e. The highest BCUT2D eigenvalue weighted by molar-refractivity contribution is 5.81. The van der Waals surface area contributed by atoms with Crippen LogP contribution in [-0.2, 0) is 14.3 Å². The van der Waals surface area contributed by atoms with Crippen molar-refractivity contribution >= 4 is 17.6 Å². The van der Waals surface area contributed by atoms with Crippen molar-refractivity contribution in [2.45, 2.75) is 13.0 Å². The number of benzene rings is 2.